The largest absolute Gasteiger partial charge is 0.341 e. The maximum Gasteiger partial charge on any atom is 0.113 e. The van der Waals surface area contributed by atoms with E-state index in [9.17, 15) is 0 Å². The fourth-order valence-corrected chi connectivity index (χ4v) is 3.20. The number of hydrogen-bond acceptors (Lipinski definition) is 2. The number of fused-ring (bicyclic) bond motifs is 1. The lowest BCUT2D eigenvalue weighted by atomic mass is 10.2. The summed E-state index contributed by atoms with van der Waals surface area (Å²) in [5.41, 5.74) is 2.34. The van der Waals surface area contributed by atoms with Crippen LogP contribution in [0.15, 0.2) is 40.3 Å². The van der Waals surface area contributed by atoms with Gasteiger partial charge in [0.05, 0.1) is 6.54 Å². The number of aryl methyl sites for hydroxylation is 1. The summed E-state index contributed by atoms with van der Waals surface area (Å²) in [5, 5.41) is 4.50. The molecule has 0 N–H and O–H groups in total. The first-order valence-corrected chi connectivity index (χ1v) is 7.05. The minimum absolute atomic E-state index is 0.846. The maximum atomic E-state index is 4.50. The molecule has 86 valence electrons. The molecule has 0 unspecified atom stereocenters. The van der Waals surface area contributed by atoms with Gasteiger partial charge in [-0.15, -0.1) is 11.3 Å². The highest BCUT2D eigenvalue weighted by atomic mass is 79.9. The van der Waals surface area contributed by atoms with Crippen molar-refractivity contribution in [3.05, 3.63) is 51.0 Å². The molecule has 0 aliphatic carbocycles. The average Bonchev–Trinajstić information content (AvgIpc) is 2.88. The van der Waals surface area contributed by atoms with E-state index in [4.69, 9.17) is 0 Å². The average molecular weight is 307 g/mol. The molecular formula is C13H11BrN2S. The fourth-order valence-electron chi connectivity index (χ4n) is 1.94. The van der Waals surface area contributed by atoms with Gasteiger partial charge in [0.15, 0.2) is 0 Å². The van der Waals surface area contributed by atoms with Crippen LogP contribution in [0.5, 0.6) is 0 Å². The number of thiazole rings is 1. The van der Waals surface area contributed by atoms with E-state index in [1.54, 1.807) is 11.3 Å². The first-order valence-electron chi connectivity index (χ1n) is 5.38. The van der Waals surface area contributed by atoms with Gasteiger partial charge in [0.2, 0.25) is 0 Å². The molecule has 0 fully saturated rings. The van der Waals surface area contributed by atoms with Crippen molar-refractivity contribution in [1.82, 2.24) is 9.55 Å². The fraction of sp³-hybridized carbons (Fsp3) is 0.154. The summed E-state index contributed by atoms with van der Waals surface area (Å²) in [4.78, 5) is 4.50. The Hall–Kier alpha value is -1.13. The molecule has 0 aliphatic heterocycles. The van der Waals surface area contributed by atoms with E-state index in [0.717, 1.165) is 21.7 Å². The molecule has 4 heteroatoms. The Balaban J connectivity index is 2.04. The van der Waals surface area contributed by atoms with Crippen LogP contribution < -0.4 is 0 Å². The van der Waals surface area contributed by atoms with Gasteiger partial charge in [-0.1, -0.05) is 22.0 Å². The Labute approximate surface area is 112 Å². The molecule has 0 radical (unpaired) electrons. The van der Waals surface area contributed by atoms with E-state index in [1.807, 2.05) is 6.92 Å². The second-order valence-electron chi connectivity index (χ2n) is 4.00. The summed E-state index contributed by atoms with van der Waals surface area (Å²) in [7, 11) is 0. The molecule has 3 rings (SSSR count). The van der Waals surface area contributed by atoms with Crippen LogP contribution in [0.4, 0.5) is 0 Å². The Morgan fingerprint density at radius 2 is 2.24 bits per heavy atom. The maximum absolute atomic E-state index is 4.50. The Bertz CT molecular complexity index is 669. The van der Waals surface area contributed by atoms with Gasteiger partial charge in [-0.25, -0.2) is 4.98 Å². The first-order chi connectivity index (χ1) is 8.24. The van der Waals surface area contributed by atoms with Crippen LogP contribution in [0.25, 0.3) is 10.9 Å². The van der Waals surface area contributed by atoms with Gasteiger partial charge in [0, 0.05) is 32.6 Å². The molecule has 2 heterocycles. The second kappa shape index (κ2) is 4.27. The van der Waals surface area contributed by atoms with Gasteiger partial charge in [-0.3, -0.25) is 0 Å². The van der Waals surface area contributed by atoms with E-state index >= 15 is 0 Å². The molecule has 0 spiro atoms. The van der Waals surface area contributed by atoms with Gasteiger partial charge in [0.1, 0.15) is 5.01 Å². The number of hydrogen-bond donors (Lipinski definition) is 0. The summed E-state index contributed by atoms with van der Waals surface area (Å²) in [6.45, 7) is 2.88. The third-order valence-electron chi connectivity index (χ3n) is 2.73. The summed E-state index contributed by atoms with van der Waals surface area (Å²) >= 11 is 5.29. The molecule has 0 atom stereocenters. The van der Waals surface area contributed by atoms with Gasteiger partial charge < -0.3 is 4.57 Å². The lowest BCUT2D eigenvalue weighted by Crippen LogP contribution is -1.97. The molecule has 0 saturated heterocycles. The molecule has 3 aromatic rings. The Kier molecular flexibility index (Phi) is 2.76. The SMILES string of the molecule is Cc1csc(Cn2ccc3c(Br)cccc32)n1. The third kappa shape index (κ3) is 2.03. The zero-order valence-electron chi connectivity index (χ0n) is 9.35. The van der Waals surface area contributed by atoms with Crippen molar-refractivity contribution in [3.63, 3.8) is 0 Å². The van der Waals surface area contributed by atoms with Gasteiger partial charge in [-0.05, 0) is 25.1 Å². The quantitative estimate of drug-likeness (QED) is 0.693. The molecule has 0 bridgehead atoms. The van der Waals surface area contributed by atoms with E-state index in [-0.39, 0.29) is 0 Å². The lowest BCUT2D eigenvalue weighted by Gasteiger charge is -2.02. The zero-order chi connectivity index (χ0) is 11.8. The van der Waals surface area contributed by atoms with Gasteiger partial charge in [0.25, 0.3) is 0 Å². The van der Waals surface area contributed by atoms with Gasteiger partial charge >= 0.3 is 0 Å². The van der Waals surface area contributed by atoms with Crippen molar-refractivity contribution in [2.45, 2.75) is 13.5 Å². The monoisotopic (exact) mass is 306 g/mol. The second-order valence-corrected chi connectivity index (χ2v) is 5.80. The van der Waals surface area contributed by atoms with Crippen molar-refractivity contribution in [2.24, 2.45) is 0 Å². The topological polar surface area (TPSA) is 17.8 Å². The van der Waals surface area contributed by atoms with E-state index in [0.29, 0.717) is 0 Å². The molecular weight excluding hydrogens is 296 g/mol. The van der Waals surface area contributed by atoms with Crippen molar-refractivity contribution < 1.29 is 0 Å². The van der Waals surface area contributed by atoms with Crippen LogP contribution in [-0.2, 0) is 6.54 Å². The Morgan fingerprint density at radius 1 is 1.35 bits per heavy atom. The highest BCUT2D eigenvalue weighted by molar-refractivity contribution is 9.10. The smallest absolute Gasteiger partial charge is 0.113 e. The predicted molar refractivity (Wildman–Crippen MR) is 75.6 cm³/mol. The predicted octanol–water partition coefficient (Wildman–Crippen LogP) is 4.22. The highest BCUT2D eigenvalue weighted by Crippen LogP contribution is 2.25. The minimum Gasteiger partial charge on any atom is -0.341 e. The molecule has 17 heavy (non-hydrogen) atoms. The normalized spacial score (nSPS) is 11.2. The van der Waals surface area contributed by atoms with Crippen molar-refractivity contribution in [3.8, 4) is 0 Å². The molecule has 0 amide bonds. The number of nitrogens with zero attached hydrogens (tertiary/aromatic N) is 2. The van der Waals surface area contributed by atoms with E-state index in [2.05, 4.69) is 61.3 Å². The van der Waals surface area contributed by atoms with Crippen molar-refractivity contribution in [2.75, 3.05) is 0 Å². The highest BCUT2D eigenvalue weighted by Gasteiger charge is 2.05. The summed E-state index contributed by atoms with van der Waals surface area (Å²) in [6.07, 6.45) is 2.12. The first kappa shape index (κ1) is 11.0. The summed E-state index contributed by atoms with van der Waals surface area (Å²) < 4.78 is 3.38. The van der Waals surface area contributed by atoms with Crippen LogP contribution in [0.1, 0.15) is 10.7 Å². The van der Waals surface area contributed by atoms with Crippen molar-refractivity contribution in [1.29, 1.82) is 0 Å². The standard InChI is InChI=1S/C13H11BrN2S/c1-9-8-17-13(15-9)7-16-6-5-10-11(14)3-2-4-12(10)16/h2-6,8H,7H2,1H3. The van der Waals surface area contributed by atoms with Crippen LogP contribution >= 0.6 is 27.3 Å². The molecule has 0 aliphatic rings. The van der Waals surface area contributed by atoms with E-state index in [1.165, 1.54) is 10.9 Å². The van der Waals surface area contributed by atoms with Crippen LogP contribution in [0, 0.1) is 6.92 Å². The van der Waals surface area contributed by atoms with Crippen molar-refractivity contribution >= 4 is 38.2 Å². The number of aromatic nitrogens is 2. The number of rotatable bonds is 2. The molecule has 2 nitrogen and oxygen atoms in total. The summed E-state index contributed by atoms with van der Waals surface area (Å²) in [5.74, 6) is 0. The lowest BCUT2D eigenvalue weighted by molar-refractivity contribution is 0.824. The Morgan fingerprint density at radius 3 is 3.00 bits per heavy atom. The van der Waals surface area contributed by atoms with Crippen LogP contribution in [-0.4, -0.2) is 9.55 Å². The zero-order valence-corrected chi connectivity index (χ0v) is 11.8. The molecule has 1 aromatic carbocycles. The third-order valence-corrected chi connectivity index (χ3v) is 4.38. The molecule has 2 aromatic heterocycles. The van der Waals surface area contributed by atoms with Crippen LogP contribution in [0.2, 0.25) is 0 Å². The van der Waals surface area contributed by atoms with Gasteiger partial charge in [-0.2, -0.15) is 0 Å². The number of halogens is 1. The minimum atomic E-state index is 0.846. The van der Waals surface area contributed by atoms with E-state index < -0.39 is 0 Å². The summed E-state index contributed by atoms with van der Waals surface area (Å²) in [6, 6.07) is 8.41. The number of benzene rings is 1. The molecule has 0 saturated carbocycles. The van der Waals surface area contributed by atoms with Crippen LogP contribution in [0.3, 0.4) is 0 Å².